The van der Waals surface area contributed by atoms with E-state index < -0.39 is 0 Å². The van der Waals surface area contributed by atoms with Crippen molar-refractivity contribution in [3.63, 3.8) is 0 Å². The molecule has 0 bridgehead atoms. The van der Waals surface area contributed by atoms with E-state index in [9.17, 15) is 0 Å². The summed E-state index contributed by atoms with van der Waals surface area (Å²) in [6.07, 6.45) is 14.2. The lowest BCUT2D eigenvalue weighted by Gasteiger charge is -2.31. The third kappa shape index (κ3) is 5.04. The van der Waals surface area contributed by atoms with Crippen molar-refractivity contribution >= 4 is 0 Å². The second-order valence-electron chi connectivity index (χ2n) is 7.00. The fraction of sp³-hybridized carbons (Fsp3) is 1.00. The average molecular weight is 281 g/mol. The average Bonchev–Trinajstić information content (AvgIpc) is 3.02. The molecule has 0 spiro atoms. The van der Waals surface area contributed by atoms with Gasteiger partial charge >= 0.3 is 0 Å². The van der Waals surface area contributed by atoms with E-state index >= 15 is 0 Å². The fourth-order valence-electron chi connectivity index (χ4n) is 4.05. The first-order chi connectivity index (χ1) is 9.83. The summed E-state index contributed by atoms with van der Waals surface area (Å²) >= 11 is 0. The molecule has 0 saturated heterocycles. The minimum atomic E-state index is 0.543. The van der Waals surface area contributed by atoms with Crippen LogP contribution < -0.4 is 5.32 Å². The van der Waals surface area contributed by atoms with Crippen molar-refractivity contribution in [2.24, 2.45) is 11.8 Å². The smallest absolute Gasteiger partial charge is 0.0626 e. The van der Waals surface area contributed by atoms with Crippen molar-refractivity contribution in [3.05, 3.63) is 0 Å². The van der Waals surface area contributed by atoms with Gasteiger partial charge in [-0.05, 0) is 50.5 Å². The Morgan fingerprint density at radius 1 is 1.05 bits per heavy atom. The zero-order valence-electron chi connectivity index (χ0n) is 13.7. The summed E-state index contributed by atoms with van der Waals surface area (Å²) in [5.74, 6) is 1.79. The van der Waals surface area contributed by atoms with E-state index in [1.54, 1.807) is 0 Å². The number of ether oxygens (including phenoxy) is 1. The van der Waals surface area contributed by atoms with Crippen LogP contribution in [0.5, 0.6) is 0 Å². The Kier molecular flexibility index (Phi) is 7.37. The normalized spacial score (nSPS) is 29.7. The highest BCUT2D eigenvalue weighted by atomic mass is 16.5. The minimum absolute atomic E-state index is 0.543. The second-order valence-corrected chi connectivity index (χ2v) is 7.00. The van der Waals surface area contributed by atoms with E-state index in [1.807, 2.05) is 0 Å². The van der Waals surface area contributed by atoms with Crippen LogP contribution in [-0.2, 0) is 4.74 Å². The number of nitrogens with one attached hydrogen (secondary N) is 1. The highest BCUT2D eigenvalue weighted by Gasteiger charge is 2.27. The zero-order valence-corrected chi connectivity index (χ0v) is 13.7. The lowest BCUT2D eigenvalue weighted by molar-refractivity contribution is -0.00582. The minimum Gasteiger partial charge on any atom is -0.377 e. The van der Waals surface area contributed by atoms with Crippen LogP contribution in [0.4, 0.5) is 0 Å². The Bertz CT molecular complexity index is 250. The van der Waals surface area contributed by atoms with Crippen LogP contribution >= 0.6 is 0 Å². The molecule has 0 amide bonds. The van der Waals surface area contributed by atoms with Gasteiger partial charge in [-0.3, -0.25) is 0 Å². The maximum Gasteiger partial charge on any atom is 0.0626 e. The Balaban J connectivity index is 1.75. The first kappa shape index (κ1) is 16.3. The molecule has 1 N–H and O–H groups in total. The van der Waals surface area contributed by atoms with Gasteiger partial charge in [0.1, 0.15) is 0 Å². The van der Waals surface area contributed by atoms with E-state index in [4.69, 9.17) is 4.74 Å². The molecule has 118 valence electrons. The van der Waals surface area contributed by atoms with Crippen LogP contribution in [0.15, 0.2) is 0 Å². The summed E-state index contributed by atoms with van der Waals surface area (Å²) in [5, 5.41) is 3.75. The van der Waals surface area contributed by atoms with Crippen molar-refractivity contribution in [3.8, 4) is 0 Å². The van der Waals surface area contributed by atoms with Crippen molar-refractivity contribution in [2.75, 3.05) is 13.2 Å². The van der Waals surface area contributed by atoms with Gasteiger partial charge in [-0.2, -0.15) is 0 Å². The van der Waals surface area contributed by atoms with Crippen molar-refractivity contribution in [1.29, 1.82) is 0 Å². The summed E-state index contributed by atoms with van der Waals surface area (Å²) in [4.78, 5) is 0. The quantitative estimate of drug-likeness (QED) is 0.706. The zero-order chi connectivity index (χ0) is 14.2. The van der Waals surface area contributed by atoms with Crippen LogP contribution in [-0.4, -0.2) is 25.3 Å². The van der Waals surface area contributed by atoms with Gasteiger partial charge in [-0.25, -0.2) is 0 Å². The first-order valence-electron chi connectivity index (χ1n) is 9.18. The van der Waals surface area contributed by atoms with E-state index in [-0.39, 0.29) is 0 Å². The molecule has 0 radical (unpaired) electrons. The Hall–Kier alpha value is -0.0800. The molecule has 2 fully saturated rings. The van der Waals surface area contributed by atoms with Crippen LogP contribution in [0.3, 0.4) is 0 Å². The van der Waals surface area contributed by atoms with E-state index in [0.29, 0.717) is 12.1 Å². The molecule has 0 heterocycles. The fourth-order valence-corrected chi connectivity index (χ4v) is 4.05. The SMILES string of the molecule is CCCNC(COC1CCCC(CC)C1)C1CCCC1. The van der Waals surface area contributed by atoms with Crippen LogP contribution in [0.25, 0.3) is 0 Å². The number of hydrogen-bond donors (Lipinski definition) is 1. The first-order valence-corrected chi connectivity index (χ1v) is 9.18. The van der Waals surface area contributed by atoms with E-state index in [0.717, 1.165) is 25.0 Å². The van der Waals surface area contributed by atoms with Crippen molar-refractivity contribution < 1.29 is 4.74 Å². The molecule has 2 heteroatoms. The third-order valence-electron chi connectivity index (χ3n) is 5.45. The molecule has 3 atom stereocenters. The molecule has 0 aliphatic heterocycles. The molecule has 2 saturated carbocycles. The van der Waals surface area contributed by atoms with Crippen LogP contribution in [0, 0.1) is 11.8 Å². The van der Waals surface area contributed by atoms with Gasteiger partial charge in [0.05, 0.1) is 12.7 Å². The van der Waals surface area contributed by atoms with Gasteiger partial charge in [0.25, 0.3) is 0 Å². The Morgan fingerprint density at radius 2 is 1.85 bits per heavy atom. The summed E-state index contributed by atoms with van der Waals surface area (Å²) in [7, 11) is 0. The predicted molar refractivity (Wildman–Crippen MR) is 86.0 cm³/mol. The molecule has 2 nitrogen and oxygen atoms in total. The van der Waals surface area contributed by atoms with Gasteiger partial charge in [-0.15, -0.1) is 0 Å². The topological polar surface area (TPSA) is 21.3 Å². The molecule has 0 aromatic heterocycles. The van der Waals surface area contributed by atoms with Gasteiger partial charge < -0.3 is 10.1 Å². The monoisotopic (exact) mass is 281 g/mol. The lowest BCUT2D eigenvalue weighted by atomic mass is 9.85. The van der Waals surface area contributed by atoms with E-state index in [1.165, 1.54) is 64.2 Å². The lowest BCUT2D eigenvalue weighted by Crippen LogP contribution is -2.41. The molecule has 20 heavy (non-hydrogen) atoms. The molecule has 3 unspecified atom stereocenters. The summed E-state index contributed by atoms with van der Waals surface area (Å²) in [6.45, 7) is 6.68. The molecule has 2 rings (SSSR count). The molecular weight excluding hydrogens is 246 g/mol. The summed E-state index contributed by atoms with van der Waals surface area (Å²) < 4.78 is 6.32. The van der Waals surface area contributed by atoms with E-state index in [2.05, 4.69) is 19.2 Å². The van der Waals surface area contributed by atoms with Gasteiger partial charge in [0.15, 0.2) is 0 Å². The maximum atomic E-state index is 6.32. The summed E-state index contributed by atoms with van der Waals surface area (Å²) in [5.41, 5.74) is 0. The second kappa shape index (κ2) is 9.04. The van der Waals surface area contributed by atoms with Crippen LogP contribution in [0.2, 0.25) is 0 Å². The third-order valence-corrected chi connectivity index (χ3v) is 5.45. The molecule has 2 aliphatic carbocycles. The van der Waals surface area contributed by atoms with Crippen molar-refractivity contribution in [2.45, 2.75) is 90.2 Å². The number of hydrogen-bond acceptors (Lipinski definition) is 2. The Labute approximate surface area is 126 Å². The largest absolute Gasteiger partial charge is 0.377 e. The van der Waals surface area contributed by atoms with Gasteiger partial charge in [0, 0.05) is 6.04 Å². The summed E-state index contributed by atoms with van der Waals surface area (Å²) in [6, 6.07) is 0.611. The molecular formula is C18H35NO. The predicted octanol–water partition coefficient (Wildman–Crippen LogP) is 4.53. The van der Waals surface area contributed by atoms with Crippen LogP contribution in [0.1, 0.15) is 78.1 Å². The highest BCUT2D eigenvalue weighted by Crippen LogP contribution is 2.31. The van der Waals surface area contributed by atoms with Gasteiger partial charge in [-0.1, -0.05) is 46.0 Å². The van der Waals surface area contributed by atoms with Crippen molar-refractivity contribution in [1.82, 2.24) is 5.32 Å². The number of rotatable bonds is 8. The van der Waals surface area contributed by atoms with Gasteiger partial charge in [0.2, 0.25) is 0 Å². The standard InChI is InChI=1S/C18H35NO/c1-3-12-19-18(16-9-5-6-10-16)14-20-17-11-7-8-15(4-2)13-17/h15-19H,3-14H2,1-2H3. The molecule has 0 aromatic carbocycles. The maximum absolute atomic E-state index is 6.32. The molecule has 0 aromatic rings. The molecule has 2 aliphatic rings. The highest BCUT2D eigenvalue weighted by molar-refractivity contribution is 4.81. The Morgan fingerprint density at radius 3 is 2.55 bits per heavy atom.